The van der Waals surface area contributed by atoms with E-state index >= 15 is 0 Å². The molecule has 2 heterocycles. The summed E-state index contributed by atoms with van der Waals surface area (Å²) in [6.45, 7) is 14.9. The number of aromatic nitrogens is 3. The minimum absolute atomic E-state index is 0.757. The highest BCUT2D eigenvalue weighted by molar-refractivity contribution is 5.93. The van der Waals surface area contributed by atoms with E-state index in [1.54, 1.807) is 12.4 Å². The monoisotopic (exact) mass is 361 g/mol. The van der Waals surface area contributed by atoms with Crippen LogP contribution in [0.2, 0.25) is 0 Å². The van der Waals surface area contributed by atoms with Crippen molar-refractivity contribution < 1.29 is 0 Å². The molecule has 0 amide bonds. The largest absolute Gasteiger partial charge is 0.367 e. The molecule has 0 unspecified atom stereocenters. The van der Waals surface area contributed by atoms with Gasteiger partial charge in [0, 0.05) is 48.7 Å². The van der Waals surface area contributed by atoms with Crippen LogP contribution in [0.3, 0.4) is 0 Å². The number of imidazole rings is 1. The van der Waals surface area contributed by atoms with Gasteiger partial charge in [-0.15, -0.1) is 0 Å². The summed E-state index contributed by atoms with van der Waals surface area (Å²) in [4.78, 5) is 13.4. The number of rotatable bonds is 9. The number of nitrogens with zero attached hydrogens (tertiary/aromatic N) is 4. The number of nitrogens with one attached hydrogen (secondary N) is 1. The topological polar surface area (TPSA) is 54.6 Å². The van der Waals surface area contributed by atoms with Crippen molar-refractivity contribution >= 4 is 23.3 Å². The number of hydrogen-bond acceptors (Lipinski definition) is 4. The van der Waals surface area contributed by atoms with Crippen LogP contribution in [0.4, 0.5) is 5.82 Å². The zero-order chi connectivity index (χ0) is 19.6. The molecule has 2 aromatic heterocycles. The Morgan fingerprint density at radius 2 is 2.07 bits per heavy atom. The van der Waals surface area contributed by atoms with Gasteiger partial charge in [0.05, 0.1) is 5.69 Å². The van der Waals surface area contributed by atoms with Crippen molar-refractivity contribution in [3.8, 4) is 0 Å². The van der Waals surface area contributed by atoms with Crippen LogP contribution in [0.25, 0.3) is 11.2 Å². The Morgan fingerprint density at radius 3 is 2.74 bits per heavy atom. The quantitative estimate of drug-likeness (QED) is 0.491. The lowest BCUT2D eigenvalue weighted by molar-refractivity contribution is 0.962. The molecular weight excluding hydrogens is 334 g/mol. The van der Waals surface area contributed by atoms with Crippen molar-refractivity contribution in [1.29, 1.82) is 0 Å². The lowest BCUT2D eigenvalue weighted by Gasteiger charge is -2.13. The summed E-state index contributed by atoms with van der Waals surface area (Å²) in [5.74, 6) is 0.757. The highest BCUT2D eigenvalue weighted by Gasteiger charge is 2.13. The van der Waals surface area contributed by atoms with Gasteiger partial charge in [-0.25, -0.2) is 9.97 Å². The molecule has 0 fully saturated rings. The zero-order valence-corrected chi connectivity index (χ0v) is 16.3. The number of allylic oxidation sites excluding steroid dienone is 7. The Morgan fingerprint density at radius 1 is 1.30 bits per heavy atom. The summed E-state index contributed by atoms with van der Waals surface area (Å²) in [6.07, 6.45) is 17.9. The van der Waals surface area contributed by atoms with Crippen molar-refractivity contribution in [1.82, 2.24) is 14.4 Å². The molecule has 140 valence electrons. The second kappa shape index (κ2) is 10.1. The van der Waals surface area contributed by atoms with E-state index < -0.39 is 0 Å². The van der Waals surface area contributed by atoms with Gasteiger partial charge in [-0.2, -0.15) is 0 Å². The molecule has 0 saturated heterocycles. The Balaban J connectivity index is 2.61. The first kappa shape index (κ1) is 20.1. The fraction of sp³-hybridized carbons (Fsp3) is 0.227. The molecule has 0 radical (unpaired) electrons. The van der Waals surface area contributed by atoms with Gasteiger partial charge in [0.25, 0.3) is 0 Å². The van der Waals surface area contributed by atoms with E-state index in [9.17, 15) is 0 Å². The third kappa shape index (κ3) is 4.91. The molecule has 0 aliphatic carbocycles. The number of anilines is 1. The van der Waals surface area contributed by atoms with E-state index in [1.165, 1.54) is 6.20 Å². The lowest BCUT2D eigenvalue weighted by atomic mass is 9.98. The molecule has 2 rings (SSSR count). The maximum Gasteiger partial charge on any atom is 0.180 e. The van der Waals surface area contributed by atoms with Gasteiger partial charge >= 0.3 is 0 Å². The van der Waals surface area contributed by atoms with E-state index in [2.05, 4.69) is 35.4 Å². The van der Waals surface area contributed by atoms with Crippen molar-refractivity contribution in [2.75, 3.05) is 11.9 Å². The number of fused-ring (bicyclic) bond motifs is 1. The van der Waals surface area contributed by atoms with Crippen molar-refractivity contribution in [3.05, 3.63) is 79.1 Å². The van der Waals surface area contributed by atoms with Crippen molar-refractivity contribution in [3.63, 3.8) is 0 Å². The Kier molecular flexibility index (Phi) is 7.49. The molecule has 5 heteroatoms. The molecule has 2 aromatic rings. The first-order valence-corrected chi connectivity index (χ1v) is 9.07. The molecule has 0 spiro atoms. The average Bonchev–Trinajstić information content (AvgIpc) is 3.16. The van der Waals surface area contributed by atoms with Gasteiger partial charge in [-0.1, -0.05) is 44.4 Å². The second-order valence-corrected chi connectivity index (χ2v) is 5.87. The normalized spacial score (nSPS) is 13.0. The minimum Gasteiger partial charge on any atom is -0.367 e. The number of hydrogen-bond donors (Lipinski definition) is 1. The van der Waals surface area contributed by atoms with Crippen molar-refractivity contribution in [2.45, 2.75) is 27.2 Å². The Hall–Kier alpha value is -3.21. The highest BCUT2D eigenvalue weighted by Crippen LogP contribution is 2.26. The SMILES string of the molecule is C=C\N=C/C(/C=C\C)=C(/C=C\C)C(=C)c1cn2ccnc2c(NCCC)n1. The van der Waals surface area contributed by atoms with E-state index in [1.807, 2.05) is 54.9 Å². The maximum atomic E-state index is 4.79. The Labute approximate surface area is 161 Å². The summed E-state index contributed by atoms with van der Waals surface area (Å²) in [5.41, 5.74) is 4.29. The van der Waals surface area contributed by atoms with Crippen LogP contribution < -0.4 is 5.32 Å². The van der Waals surface area contributed by atoms with E-state index in [-0.39, 0.29) is 0 Å². The van der Waals surface area contributed by atoms with Crippen LogP contribution in [0.1, 0.15) is 32.9 Å². The minimum atomic E-state index is 0.757. The van der Waals surface area contributed by atoms with E-state index in [4.69, 9.17) is 4.98 Å². The molecular formula is C22H27N5. The molecule has 0 aliphatic rings. The zero-order valence-electron chi connectivity index (χ0n) is 16.3. The Bertz CT molecular complexity index is 925. The summed E-state index contributed by atoms with van der Waals surface area (Å²) in [6, 6.07) is 0. The third-order valence-corrected chi connectivity index (χ3v) is 3.86. The van der Waals surface area contributed by atoms with Crippen LogP contribution in [0.15, 0.2) is 78.4 Å². The van der Waals surface area contributed by atoms with Crippen LogP contribution in [-0.2, 0) is 0 Å². The van der Waals surface area contributed by atoms with Gasteiger partial charge in [0.2, 0.25) is 0 Å². The molecule has 0 aromatic carbocycles. The molecule has 1 N–H and O–H groups in total. The molecule has 5 nitrogen and oxygen atoms in total. The predicted octanol–water partition coefficient (Wildman–Crippen LogP) is 5.23. The maximum absolute atomic E-state index is 4.79. The summed E-state index contributed by atoms with van der Waals surface area (Å²) >= 11 is 0. The fourth-order valence-electron chi connectivity index (χ4n) is 2.63. The standard InChI is InChI=1S/C22H27N5/c1-6-10-18(15-23-9-4)19(11-7-2)17(5)20-16-27-14-13-25-22(27)21(26-20)24-12-8-3/h6-7,9-11,13-16H,4-5,8,12H2,1-3H3,(H,24,26)/b10-6-,11-7-,19-18-,23-15-. The molecule has 0 aliphatic heterocycles. The fourth-order valence-corrected chi connectivity index (χ4v) is 2.63. The molecule has 0 saturated carbocycles. The van der Waals surface area contributed by atoms with Crippen LogP contribution in [0.5, 0.6) is 0 Å². The first-order chi connectivity index (χ1) is 13.2. The van der Waals surface area contributed by atoms with E-state index in [0.29, 0.717) is 0 Å². The van der Waals surface area contributed by atoms with Gasteiger partial charge in [0.1, 0.15) is 0 Å². The van der Waals surface area contributed by atoms with Gasteiger partial charge < -0.3 is 9.72 Å². The van der Waals surface area contributed by atoms with Crippen molar-refractivity contribution in [2.24, 2.45) is 4.99 Å². The summed E-state index contributed by atoms with van der Waals surface area (Å²) < 4.78 is 1.96. The molecule has 0 bridgehead atoms. The smallest absolute Gasteiger partial charge is 0.180 e. The van der Waals surface area contributed by atoms with E-state index in [0.717, 1.165) is 46.8 Å². The molecule has 27 heavy (non-hydrogen) atoms. The predicted molar refractivity (Wildman–Crippen MR) is 116 cm³/mol. The third-order valence-electron chi connectivity index (χ3n) is 3.86. The van der Waals surface area contributed by atoms with Gasteiger partial charge in [-0.3, -0.25) is 4.99 Å². The average molecular weight is 361 g/mol. The first-order valence-electron chi connectivity index (χ1n) is 9.07. The second-order valence-electron chi connectivity index (χ2n) is 5.87. The van der Waals surface area contributed by atoms with Crippen LogP contribution >= 0.6 is 0 Å². The van der Waals surface area contributed by atoms with Crippen LogP contribution in [-0.4, -0.2) is 27.1 Å². The van der Waals surface area contributed by atoms with Gasteiger partial charge in [-0.05, 0) is 25.8 Å². The summed E-state index contributed by atoms with van der Waals surface area (Å²) in [7, 11) is 0. The lowest BCUT2D eigenvalue weighted by Crippen LogP contribution is -2.07. The number of aliphatic imine (C=N–C) groups is 1. The van der Waals surface area contributed by atoms with Crippen LogP contribution in [0, 0.1) is 0 Å². The highest BCUT2D eigenvalue weighted by atomic mass is 15.1. The molecule has 0 atom stereocenters. The van der Waals surface area contributed by atoms with Gasteiger partial charge in [0.15, 0.2) is 11.5 Å². The summed E-state index contributed by atoms with van der Waals surface area (Å²) in [5, 5.41) is 3.36.